The van der Waals surface area contributed by atoms with Gasteiger partial charge < -0.3 is 10.1 Å². The van der Waals surface area contributed by atoms with Crippen LogP contribution in [-0.2, 0) is 13.2 Å². The van der Waals surface area contributed by atoms with Crippen LogP contribution in [0.25, 0.3) is 0 Å². The van der Waals surface area contributed by atoms with Gasteiger partial charge in [-0.2, -0.15) is 0 Å². The van der Waals surface area contributed by atoms with E-state index in [2.05, 4.69) is 21.2 Å². The molecule has 0 aliphatic carbocycles. The van der Waals surface area contributed by atoms with Gasteiger partial charge in [-0.05, 0) is 54.6 Å². The van der Waals surface area contributed by atoms with E-state index in [9.17, 15) is 8.78 Å². The van der Waals surface area contributed by atoms with Crippen molar-refractivity contribution >= 4 is 33.2 Å². The van der Waals surface area contributed by atoms with Gasteiger partial charge in [-0.1, -0.05) is 33.6 Å². The second kappa shape index (κ2) is 8.52. The van der Waals surface area contributed by atoms with E-state index in [0.717, 1.165) is 15.7 Å². The minimum absolute atomic E-state index is 0.0245. The molecule has 3 aromatic carbocycles. The van der Waals surface area contributed by atoms with Crippen molar-refractivity contribution in [2.45, 2.75) is 13.2 Å². The number of rotatable bonds is 6. The molecule has 2 nitrogen and oxygen atoms in total. The molecular formula is C20H15BrClF2NO. The van der Waals surface area contributed by atoms with Crippen LogP contribution in [0.15, 0.2) is 65.1 Å². The molecule has 3 aromatic rings. The molecule has 0 aromatic heterocycles. The number of hydrogen-bond donors (Lipinski definition) is 1. The van der Waals surface area contributed by atoms with E-state index >= 15 is 0 Å². The van der Waals surface area contributed by atoms with Gasteiger partial charge in [0, 0.05) is 27.8 Å². The molecule has 26 heavy (non-hydrogen) atoms. The van der Waals surface area contributed by atoms with Crippen molar-refractivity contribution in [3.05, 3.63) is 92.9 Å². The monoisotopic (exact) mass is 437 g/mol. The first-order valence-corrected chi connectivity index (χ1v) is 9.03. The van der Waals surface area contributed by atoms with E-state index in [1.54, 1.807) is 30.3 Å². The van der Waals surface area contributed by atoms with Gasteiger partial charge in [-0.15, -0.1) is 0 Å². The predicted molar refractivity (Wildman–Crippen MR) is 104 cm³/mol. The van der Waals surface area contributed by atoms with Gasteiger partial charge in [0.25, 0.3) is 0 Å². The summed E-state index contributed by atoms with van der Waals surface area (Å²) in [5.74, 6) is -0.0773. The normalized spacial score (nSPS) is 10.6. The first-order valence-electron chi connectivity index (χ1n) is 7.86. The van der Waals surface area contributed by atoms with Crippen LogP contribution in [0, 0.1) is 11.6 Å². The first-order chi connectivity index (χ1) is 12.5. The van der Waals surface area contributed by atoms with Crippen molar-refractivity contribution in [1.82, 2.24) is 0 Å². The lowest BCUT2D eigenvalue weighted by atomic mass is 10.2. The van der Waals surface area contributed by atoms with E-state index in [-0.39, 0.29) is 12.4 Å². The second-order valence-electron chi connectivity index (χ2n) is 5.60. The van der Waals surface area contributed by atoms with Crippen molar-refractivity contribution in [2.75, 3.05) is 5.32 Å². The van der Waals surface area contributed by atoms with Gasteiger partial charge in [0.15, 0.2) is 0 Å². The maximum absolute atomic E-state index is 13.9. The molecule has 0 saturated heterocycles. The fourth-order valence-corrected chi connectivity index (χ4v) is 3.04. The van der Waals surface area contributed by atoms with E-state index in [4.69, 9.17) is 16.3 Å². The largest absolute Gasteiger partial charge is 0.488 e. The smallest absolute Gasteiger partial charge is 0.131 e. The highest BCUT2D eigenvalue weighted by molar-refractivity contribution is 9.10. The third-order valence-corrected chi connectivity index (χ3v) is 4.63. The van der Waals surface area contributed by atoms with E-state index in [0.29, 0.717) is 22.9 Å². The summed E-state index contributed by atoms with van der Waals surface area (Å²) < 4.78 is 33.6. The third kappa shape index (κ3) is 4.74. The Bertz CT molecular complexity index is 883. The Morgan fingerprint density at radius 3 is 2.50 bits per heavy atom. The molecule has 0 unspecified atom stereocenters. The Kier molecular flexibility index (Phi) is 6.12. The number of ether oxygens (including phenoxy) is 1. The number of halogens is 4. The third-order valence-electron chi connectivity index (χ3n) is 3.78. The highest BCUT2D eigenvalue weighted by atomic mass is 79.9. The standard InChI is InChI=1S/C20H15BrClF2NO/c21-14-4-9-20(26-12-17-18(22)2-1-3-19(17)24)13(10-14)11-25-16-7-5-15(23)6-8-16/h1-10,25H,11-12H2. The molecular weight excluding hydrogens is 424 g/mol. The minimum Gasteiger partial charge on any atom is -0.488 e. The van der Waals surface area contributed by atoms with Crippen LogP contribution in [0.4, 0.5) is 14.5 Å². The van der Waals surface area contributed by atoms with E-state index < -0.39 is 5.82 Å². The van der Waals surface area contributed by atoms with Crippen molar-refractivity contribution in [3.63, 3.8) is 0 Å². The number of nitrogens with one attached hydrogen (secondary N) is 1. The minimum atomic E-state index is -0.402. The van der Waals surface area contributed by atoms with Gasteiger partial charge >= 0.3 is 0 Å². The lowest BCUT2D eigenvalue weighted by Gasteiger charge is -2.14. The van der Waals surface area contributed by atoms with Gasteiger partial charge in [0.2, 0.25) is 0 Å². The predicted octanol–water partition coefficient (Wildman–Crippen LogP) is 6.57. The lowest BCUT2D eigenvalue weighted by molar-refractivity contribution is 0.297. The summed E-state index contributed by atoms with van der Waals surface area (Å²) in [4.78, 5) is 0. The van der Waals surface area contributed by atoms with Crippen molar-refractivity contribution in [1.29, 1.82) is 0 Å². The Hall–Kier alpha value is -2.11. The molecule has 0 radical (unpaired) electrons. The zero-order valence-electron chi connectivity index (χ0n) is 13.6. The molecule has 3 rings (SSSR count). The average Bonchev–Trinajstić information content (AvgIpc) is 2.62. The SMILES string of the molecule is Fc1ccc(NCc2cc(Br)ccc2OCc2c(F)cccc2Cl)cc1. The Morgan fingerprint density at radius 2 is 1.77 bits per heavy atom. The summed E-state index contributed by atoms with van der Waals surface area (Å²) in [6.45, 7) is 0.488. The molecule has 1 N–H and O–H groups in total. The lowest BCUT2D eigenvalue weighted by Crippen LogP contribution is -2.05. The summed E-state index contributed by atoms with van der Waals surface area (Å²) >= 11 is 9.48. The van der Waals surface area contributed by atoms with Gasteiger partial charge in [-0.25, -0.2) is 8.78 Å². The molecule has 134 valence electrons. The zero-order valence-corrected chi connectivity index (χ0v) is 15.9. The summed E-state index contributed by atoms with van der Waals surface area (Å²) in [6.07, 6.45) is 0. The highest BCUT2D eigenvalue weighted by Gasteiger charge is 2.10. The van der Waals surface area contributed by atoms with Crippen LogP contribution >= 0.6 is 27.5 Å². The number of benzene rings is 3. The van der Waals surface area contributed by atoms with E-state index in [1.165, 1.54) is 18.2 Å². The fraction of sp³-hybridized carbons (Fsp3) is 0.100. The molecule has 0 saturated carbocycles. The topological polar surface area (TPSA) is 21.3 Å². The second-order valence-corrected chi connectivity index (χ2v) is 6.92. The summed E-state index contributed by atoms with van der Waals surface area (Å²) in [5.41, 5.74) is 1.97. The van der Waals surface area contributed by atoms with Crippen LogP contribution < -0.4 is 10.1 Å². The Balaban J connectivity index is 1.74. The van der Waals surface area contributed by atoms with Crippen LogP contribution in [0.5, 0.6) is 5.75 Å². The Morgan fingerprint density at radius 1 is 1.00 bits per heavy atom. The first kappa shape index (κ1) is 18.7. The average molecular weight is 439 g/mol. The van der Waals surface area contributed by atoms with E-state index in [1.807, 2.05) is 12.1 Å². The van der Waals surface area contributed by atoms with Crippen LogP contribution in [0.3, 0.4) is 0 Å². The molecule has 0 heterocycles. The molecule has 0 spiro atoms. The highest BCUT2D eigenvalue weighted by Crippen LogP contribution is 2.27. The maximum atomic E-state index is 13.9. The Labute approximate surface area is 163 Å². The van der Waals surface area contributed by atoms with Gasteiger partial charge in [-0.3, -0.25) is 0 Å². The summed E-state index contributed by atoms with van der Waals surface area (Å²) in [7, 11) is 0. The van der Waals surface area contributed by atoms with Crippen molar-refractivity contribution in [2.24, 2.45) is 0 Å². The van der Waals surface area contributed by atoms with Crippen LogP contribution in [-0.4, -0.2) is 0 Å². The number of hydrogen-bond acceptors (Lipinski definition) is 2. The molecule has 0 atom stereocenters. The maximum Gasteiger partial charge on any atom is 0.131 e. The van der Waals surface area contributed by atoms with Crippen LogP contribution in [0.2, 0.25) is 5.02 Å². The number of anilines is 1. The van der Waals surface area contributed by atoms with Crippen molar-refractivity contribution in [3.8, 4) is 5.75 Å². The summed E-state index contributed by atoms with van der Waals surface area (Å²) in [6, 6.07) is 16.2. The molecule has 0 bridgehead atoms. The molecule has 0 amide bonds. The fourth-order valence-electron chi connectivity index (χ4n) is 2.41. The van der Waals surface area contributed by atoms with Gasteiger partial charge in [0.05, 0.1) is 5.02 Å². The quantitative estimate of drug-likeness (QED) is 0.470. The van der Waals surface area contributed by atoms with Crippen molar-refractivity contribution < 1.29 is 13.5 Å². The van der Waals surface area contributed by atoms with Gasteiger partial charge in [0.1, 0.15) is 24.0 Å². The van der Waals surface area contributed by atoms with Crippen LogP contribution in [0.1, 0.15) is 11.1 Å². The molecule has 0 aliphatic heterocycles. The molecule has 0 fully saturated rings. The molecule has 6 heteroatoms. The molecule has 0 aliphatic rings. The summed E-state index contributed by atoms with van der Waals surface area (Å²) in [5, 5.41) is 3.54. The zero-order chi connectivity index (χ0) is 18.5.